The smallest absolute Gasteiger partial charge is 0.277 e. The van der Waals surface area contributed by atoms with Gasteiger partial charge in [0, 0.05) is 4.90 Å². The van der Waals surface area contributed by atoms with E-state index >= 15 is 0 Å². The summed E-state index contributed by atoms with van der Waals surface area (Å²) in [6, 6.07) is 7.65. The maximum Gasteiger partial charge on any atom is 0.277 e. The number of hydrogen-bond donors (Lipinski definition) is 2. The molecule has 1 rings (SSSR count). The van der Waals surface area contributed by atoms with Crippen molar-refractivity contribution in [3.8, 4) is 0 Å². The largest absolute Gasteiger partial charge is 0.349 e. The first-order valence-electron chi connectivity index (χ1n) is 5.47. The molecular weight excluding hydrogens is 258 g/mol. The van der Waals surface area contributed by atoms with Crippen molar-refractivity contribution in [2.24, 2.45) is 5.73 Å². The van der Waals surface area contributed by atoms with Crippen LogP contribution in [0.1, 0.15) is 5.56 Å². The Hall–Kier alpha value is -1.14. The summed E-state index contributed by atoms with van der Waals surface area (Å²) in [5.41, 5.74) is 6.00. The van der Waals surface area contributed by atoms with Crippen LogP contribution in [0, 0.1) is 6.92 Å². The van der Waals surface area contributed by atoms with Crippen molar-refractivity contribution in [2.45, 2.75) is 17.7 Å². The number of aryl methyl sites for hydroxylation is 1. The molecule has 3 N–H and O–H groups in total. The highest BCUT2D eigenvalue weighted by molar-refractivity contribution is 8.00. The Bertz CT molecular complexity index is 396. The van der Waals surface area contributed by atoms with Gasteiger partial charge in [-0.2, -0.15) is 0 Å². The zero-order valence-corrected chi connectivity index (χ0v) is 10.9. The number of carbonyl (C=O) groups excluding carboxylic acids is 1. The van der Waals surface area contributed by atoms with Crippen molar-refractivity contribution in [2.75, 3.05) is 18.8 Å². The van der Waals surface area contributed by atoms with Gasteiger partial charge in [-0.1, -0.05) is 17.7 Å². The van der Waals surface area contributed by atoms with E-state index in [1.165, 1.54) is 11.8 Å². The van der Waals surface area contributed by atoms with Gasteiger partial charge < -0.3 is 11.1 Å². The number of alkyl halides is 2. The molecule has 1 aromatic rings. The van der Waals surface area contributed by atoms with Crippen molar-refractivity contribution in [3.63, 3.8) is 0 Å². The number of amides is 1. The van der Waals surface area contributed by atoms with Crippen molar-refractivity contribution in [1.82, 2.24) is 5.32 Å². The van der Waals surface area contributed by atoms with Crippen LogP contribution in [0.3, 0.4) is 0 Å². The van der Waals surface area contributed by atoms with Crippen LogP contribution >= 0.6 is 11.8 Å². The summed E-state index contributed by atoms with van der Waals surface area (Å²) >= 11 is 1.31. The molecular formula is C12H16F2N2OS. The van der Waals surface area contributed by atoms with Gasteiger partial charge in [0.2, 0.25) is 5.91 Å². The Labute approximate surface area is 109 Å². The minimum absolute atomic E-state index is 0.115. The van der Waals surface area contributed by atoms with Crippen LogP contribution in [0.4, 0.5) is 8.78 Å². The molecule has 6 heteroatoms. The summed E-state index contributed by atoms with van der Waals surface area (Å²) in [5.74, 6) is -3.35. The van der Waals surface area contributed by atoms with Gasteiger partial charge in [-0.15, -0.1) is 11.8 Å². The second-order valence-electron chi connectivity index (χ2n) is 3.94. The lowest BCUT2D eigenvalue weighted by atomic mass is 10.2. The minimum atomic E-state index is -3.04. The van der Waals surface area contributed by atoms with Gasteiger partial charge in [0.1, 0.15) is 0 Å². The predicted octanol–water partition coefficient (Wildman–Crippen LogP) is 1.80. The van der Waals surface area contributed by atoms with Crippen molar-refractivity contribution >= 4 is 17.7 Å². The summed E-state index contributed by atoms with van der Waals surface area (Å²) < 4.78 is 25.5. The highest BCUT2D eigenvalue weighted by Crippen LogP contribution is 2.18. The number of nitrogens with one attached hydrogen (secondary N) is 1. The van der Waals surface area contributed by atoms with Gasteiger partial charge in [-0.05, 0) is 19.1 Å². The molecule has 0 saturated heterocycles. The van der Waals surface area contributed by atoms with Crippen LogP contribution in [0.5, 0.6) is 0 Å². The Morgan fingerprint density at radius 2 is 2.00 bits per heavy atom. The first-order chi connectivity index (χ1) is 8.43. The van der Waals surface area contributed by atoms with Crippen LogP contribution in [0.2, 0.25) is 0 Å². The van der Waals surface area contributed by atoms with E-state index in [2.05, 4.69) is 5.32 Å². The molecule has 0 heterocycles. The molecule has 100 valence electrons. The van der Waals surface area contributed by atoms with Crippen LogP contribution < -0.4 is 11.1 Å². The minimum Gasteiger partial charge on any atom is -0.349 e. The normalized spacial score (nSPS) is 11.3. The van der Waals surface area contributed by atoms with E-state index in [1.54, 1.807) is 0 Å². The third-order valence-corrected chi connectivity index (χ3v) is 3.25. The van der Waals surface area contributed by atoms with Crippen LogP contribution in [0.15, 0.2) is 29.2 Å². The van der Waals surface area contributed by atoms with E-state index in [-0.39, 0.29) is 5.75 Å². The molecule has 3 nitrogen and oxygen atoms in total. The van der Waals surface area contributed by atoms with Gasteiger partial charge in [0.15, 0.2) is 0 Å². The Morgan fingerprint density at radius 3 is 2.56 bits per heavy atom. The van der Waals surface area contributed by atoms with E-state index < -0.39 is 24.9 Å². The number of carbonyl (C=O) groups is 1. The molecule has 0 spiro atoms. The average Bonchev–Trinajstić information content (AvgIpc) is 2.36. The fourth-order valence-corrected chi connectivity index (χ4v) is 1.86. The maximum absolute atomic E-state index is 12.8. The lowest BCUT2D eigenvalue weighted by molar-refractivity contribution is -0.120. The first-order valence-corrected chi connectivity index (χ1v) is 6.45. The van der Waals surface area contributed by atoms with Gasteiger partial charge in [0.05, 0.1) is 18.8 Å². The van der Waals surface area contributed by atoms with E-state index in [0.717, 1.165) is 10.5 Å². The van der Waals surface area contributed by atoms with Gasteiger partial charge in [0.25, 0.3) is 5.92 Å². The zero-order valence-electron chi connectivity index (χ0n) is 10.1. The summed E-state index contributed by atoms with van der Waals surface area (Å²) in [7, 11) is 0. The summed E-state index contributed by atoms with van der Waals surface area (Å²) in [4.78, 5) is 12.3. The van der Waals surface area contributed by atoms with Crippen LogP contribution in [0.25, 0.3) is 0 Å². The molecule has 18 heavy (non-hydrogen) atoms. The third kappa shape index (κ3) is 5.46. The van der Waals surface area contributed by atoms with E-state index in [4.69, 9.17) is 5.73 Å². The predicted molar refractivity (Wildman–Crippen MR) is 68.9 cm³/mol. The number of thioether (sulfide) groups is 1. The van der Waals surface area contributed by atoms with Crippen molar-refractivity contribution in [3.05, 3.63) is 29.8 Å². The lowest BCUT2D eigenvalue weighted by Gasteiger charge is -2.14. The molecule has 0 atom stereocenters. The number of nitrogens with two attached hydrogens (primary N) is 1. The van der Waals surface area contributed by atoms with E-state index in [1.807, 2.05) is 31.2 Å². The SMILES string of the molecule is Cc1ccc(SCC(=O)NCC(F)(F)CN)cc1. The number of halogens is 2. The molecule has 0 saturated carbocycles. The Balaban J connectivity index is 2.31. The number of hydrogen-bond acceptors (Lipinski definition) is 3. The highest BCUT2D eigenvalue weighted by Gasteiger charge is 2.26. The molecule has 0 bridgehead atoms. The quantitative estimate of drug-likeness (QED) is 0.778. The average molecular weight is 274 g/mol. The van der Waals surface area contributed by atoms with E-state index in [9.17, 15) is 13.6 Å². The molecule has 0 aliphatic rings. The van der Waals surface area contributed by atoms with E-state index in [0.29, 0.717) is 0 Å². The maximum atomic E-state index is 12.8. The molecule has 1 amide bonds. The molecule has 0 unspecified atom stereocenters. The monoisotopic (exact) mass is 274 g/mol. The van der Waals surface area contributed by atoms with Crippen molar-refractivity contribution in [1.29, 1.82) is 0 Å². The Kier molecular flexibility index (Phi) is 5.55. The third-order valence-electron chi connectivity index (χ3n) is 2.23. The van der Waals surface area contributed by atoms with Gasteiger partial charge in [-0.25, -0.2) is 8.78 Å². The molecule has 0 aromatic heterocycles. The molecule has 0 aliphatic carbocycles. The fraction of sp³-hybridized carbons (Fsp3) is 0.417. The number of benzene rings is 1. The summed E-state index contributed by atoms with van der Waals surface area (Å²) in [6.07, 6.45) is 0. The fourth-order valence-electron chi connectivity index (χ4n) is 1.13. The topological polar surface area (TPSA) is 55.1 Å². The number of rotatable bonds is 6. The molecule has 0 aliphatic heterocycles. The highest BCUT2D eigenvalue weighted by atomic mass is 32.2. The molecule has 0 fully saturated rings. The van der Waals surface area contributed by atoms with Gasteiger partial charge in [-0.3, -0.25) is 4.79 Å². The summed E-state index contributed by atoms with van der Waals surface area (Å²) in [6.45, 7) is 0.491. The standard InChI is InChI=1S/C12H16F2N2OS/c1-9-2-4-10(5-3-9)18-6-11(17)16-8-12(13,14)7-15/h2-5H,6-8,15H2,1H3,(H,16,17). The second-order valence-corrected chi connectivity index (χ2v) is 4.99. The summed E-state index contributed by atoms with van der Waals surface area (Å²) in [5, 5.41) is 2.17. The first kappa shape index (κ1) is 14.9. The molecule has 1 aromatic carbocycles. The molecule has 0 radical (unpaired) electrons. The van der Waals surface area contributed by atoms with Crippen molar-refractivity contribution < 1.29 is 13.6 Å². The van der Waals surface area contributed by atoms with Gasteiger partial charge >= 0.3 is 0 Å². The lowest BCUT2D eigenvalue weighted by Crippen LogP contribution is -2.42. The van der Waals surface area contributed by atoms with Crippen LogP contribution in [-0.2, 0) is 4.79 Å². The van der Waals surface area contributed by atoms with Crippen LogP contribution in [-0.4, -0.2) is 30.7 Å². The Morgan fingerprint density at radius 1 is 1.39 bits per heavy atom. The second kappa shape index (κ2) is 6.70. The zero-order chi connectivity index (χ0) is 13.6.